The highest BCUT2D eigenvalue weighted by atomic mass is 35.5. The Balaban J connectivity index is 2.39. The quantitative estimate of drug-likeness (QED) is 0.598. The fourth-order valence-corrected chi connectivity index (χ4v) is 1.38. The number of Topliss-reactive ketones (excluding diaryl/α,β-unsaturated/α-hetero) is 1. The van der Waals surface area contributed by atoms with E-state index in [-0.39, 0.29) is 18.8 Å². The summed E-state index contributed by atoms with van der Waals surface area (Å²) in [7, 11) is 0. The summed E-state index contributed by atoms with van der Waals surface area (Å²) in [6, 6.07) is 7.35. The van der Waals surface area contributed by atoms with Gasteiger partial charge in [0.15, 0.2) is 0 Å². The van der Waals surface area contributed by atoms with Crippen LogP contribution < -0.4 is 0 Å². The van der Waals surface area contributed by atoms with Gasteiger partial charge in [-0.3, -0.25) is 9.59 Å². The van der Waals surface area contributed by atoms with Crippen LogP contribution in [0.1, 0.15) is 18.9 Å². The van der Waals surface area contributed by atoms with Crippen LogP contribution in [-0.2, 0) is 14.3 Å². The van der Waals surface area contributed by atoms with Crippen molar-refractivity contribution in [3.05, 3.63) is 40.9 Å². The van der Waals surface area contributed by atoms with Crippen LogP contribution in [0.25, 0.3) is 6.08 Å². The van der Waals surface area contributed by atoms with E-state index in [0.717, 1.165) is 5.56 Å². The van der Waals surface area contributed by atoms with Crippen LogP contribution in [0.2, 0.25) is 5.02 Å². The lowest BCUT2D eigenvalue weighted by Crippen LogP contribution is -2.08. The van der Waals surface area contributed by atoms with Gasteiger partial charge in [0, 0.05) is 5.02 Å². The van der Waals surface area contributed by atoms with Gasteiger partial charge in [-0.1, -0.05) is 35.9 Å². The van der Waals surface area contributed by atoms with E-state index in [1.165, 1.54) is 6.92 Å². The molecule has 1 aromatic carbocycles. The van der Waals surface area contributed by atoms with Gasteiger partial charge < -0.3 is 4.74 Å². The highest BCUT2D eigenvalue weighted by molar-refractivity contribution is 6.32. The first kappa shape index (κ1) is 13.5. The van der Waals surface area contributed by atoms with Crippen LogP contribution in [-0.4, -0.2) is 18.4 Å². The number of benzene rings is 1. The number of carbonyl (C=O) groups is 2. The van der Waals surface area contributed by atoms with Crippen molar-refractivity contribution in [3.8, 4) is 0 Å². The SMILES string of the molecule is CC(=O)CC(=O)OCC=Cc1ccccc1Cl. The zero-order valence-corrected chi connectivity index (χ0v) is 10.2. The van der Waals surface area contributed by atoms with E-state index >= 15 is 0 Å². The molecule has 0 fully saturated rings. The van der Waals surface area contributed by atoms with Gasteiger partial charge >= 0.3 is 5.97 Å². The molecule has 3 nitrogen and oxygen atoms in total. The van der Waals surface area contributed by atoms with Gasteiger partial charge in [-0.2, -0.15) is 0 Å². The highest BCUT2D eigenvalue weighted by Crippen LogP contribution is 2.15. The van der Waals surface area contributed by atoms with Gasteiger partial charge in [0.25, 0.3) is 0 Å². The van der Waals surface area contributed by atoms with E-state index < -0.39 is 5.97 Å². The number of hydrogen-bond acceptors (Lipinski definition) is 3. The Kier molecular flexibility index (Phi) is 5.43. The lowest BCUT2D eigenvalue weighted by molar-refractivity contribution is -0.144. The summed E-state index contributed by atoms with van der Waals surface area (Å²) < 4.78 is 4.82. The molecule has 0 aliphatic rings. The topological polar surface area (TPSA) is 43.4 Å². The summed E-state index contributed by atoms with van der Waals surface area (Å²) in [5.41, 5.74) is 0.858. The fraction of sp³-hybridized carbons (Fsp3) is 0.231. The third kappa shape index (κ3) is 5.31. The van der Waals surface area contributed by atoms with Crippen molar-refractivity contribution >= 4 is 29.4 Å². The number of rotatable bonds is 5. The van der Waals surface area contributed by atoms with Crippen molar-refractivity contribution in [2.24, 2.45) is 0 Å². The molecule has 0 aliphatic carbocycles. The normalized spacial score (nSPS) is 10.5. The molecule has 0 heterocycles. The van der Waals surface area contributed by atoms with Crippen LogP contribution in [0.3, 0.4) is 0 Å². The van der Waals surface area contributed by atoms with Crippen molar-refractivity contribution in [2.75, 3.05) is 6.61 Å². The Morgan fingerprint density at radius 3 is 2.71 bits per heavy atom. The van der Waals surface area contributed by atoms with Gasteiger partial charge in [-0.05, 0) is 24.6 Å². The zero-order valence-electron chi connectivity index (χ0n) is 9.48. The second-order valence-corrected chi connectivity index (χ2v) is 3.89. The first-order valence-electron chi connectivity index (χ1n) is 5.15. The Labute approximate surface area is 105 Å². The standard InChI is InChI=1S/C13H13ClO3/c1-10(15)9-13(16)17-8-4-6-11-5-2-3-7-12(11)14/h2-7H,8-9H2,1H3. The van der Waals surface area contributed by atoms with E-state index in [9.17, 15) is 9.59 Å². The number of carbonyl (C=O) groups excluding carboxylic acids is 2. The summed E-state index contributed by atoms with van der Waals surface area (Å²) in [5, 5.41) is 0.638. The molecule has 0 amide bonds. The molecule has 0 aliphatic heterocycles. The smallest absolute Gasteiger partial charge is 0.313 e. The molecule has 1 aromatic rings. The molecule has 0 saturated carbocycles. The Morgan fingerprint density at radius 2 is 2.06 bits per heavy atom. The Bertz CT molecular complexity index is 438. The molecule has 0 N–H and O–H groups in total. The monoisotopic (exact) mass is 252 g/mol. The van der Waals surface area contributed by atoms with E-state index in [2.05, 4.69) is 0 Å². The second kappa shape index (κ2) is 6.86. The summed E-state index contributed by atoms with van der Waals surface area (Å²) in [4.78, 5) is 21.6. The molecule has 0 radical (unpaired) electrons. The number of ketones is 1. The van der Waals surface area contributed by atoms with Crippen LogP contribution in [0.15, 0.2) is 30.3 Å². The summed E-state index contributed by atoms with van der Waals surface area (Å²) in [6.07, 6.45) is 3.27. The number of halogens is 1. The first-order chi connectivity index (χ1) is 8.09. The van der Waals surface area contributed by atoms with Gasteiger partial charge in [-0.15, -0.1) is 0 Å². The number of ether oxygens (including phenoxy) is 1. The van der Waals surface area contributed by atoms with Gasteiger partial charge in [0.1, 0.15) is 18.8 Å². The highest BCUT2D eigenvalue weighted by Gasteiger charge is 2.04. The van der Waals surface area contributed by atoms with Crippen molar-refractivity contribution in [1.29, 1.82) is 0 Å². The van der Waals surface area contributed by atoms with Crippen LogP contribution in [0, 0.1) is 0 Å². The zero-order chi connectivity index (χ0) is 12.7. The molecule has 17 heavy (non-hydrogen) atoms. The maximum absolute atomic E-state index is 11.0. The lowest BCUT2D eigenvalue weighted by atomic mass is 10.2. The van der Waals surface area contributed by atoms with Gasteiger partial charge in [0.05, 0.1) is 0 Å². The molecule has 0 unspecified atom stereocenters. The maximum atomic E-state index is 11.0. The second-order valence-electron chi connectivity index (χ2n) is 3.49. The third-order valence-corrected chi connectivity index (χ3v) is 2.28. The minimum absolute atomic E-state index is 0.136. The molecule has 90 valence electrons. The van der Waals surface area contributed by atoms with E-state index in [1.54, 1.807) is 18.2 Å². The van der Waals surface area contributed by atoms with Crippen molar-refractivity contribution < 1.29 is 14.3 Å². The van der Waals surface area contributed by atoms with E-state index in [4.69, 9.17) is 16.3 Å². The summed E-state index contributed by atoms with van der Waals surface area (Å²) in [5.74, 6) is -0.716. The van der Waals surface area contributed by atoms with Crippen LogP contribution in [0.4, 0.5) is 0 Å². The van der Waals surface area contributed by atoms with Crippen molar-refractivity contribution in [2.45, 2.75) is 13.3 Å². The minimum atomic E-state index is -0.513. The minimum Gasteiger partial charge on any atom is -0.461 e. The molecule has 0 bridgehead atoms. The van der Waals surface area contributed by atoms with Crippen LogP contribution in [0.5, 0.6) is 0 Å². The van der Waals surface area contributed by atoms with E-state index in [0.29, 0.717) is 5.02 Å². The maximum Gasteiger partial charge on any atom is 0.313 e. The third-order valence-electron chi connectivity index (χ3n) is 1.94. The van der Waals surface area contributed by atoms with Crippen LogP contribution >= 0.6 is 11.6 Å². The molecule has 0 saturated heterocycles. The molecule has 0 atom stereocenters. The largest absolute Gasteiger partial charge is 0.461 e. The average molecular weight is 253 g/mol. The van der Waals surface area contributed by atoms with Gasteiger partial charge in [0.2, 0.25) is 0 Å². The molecular weight excluding hydrogens is 240 g/mol. The van der Waals surface area contributed by atoms with E-state index in [1.807, 2.05) is 18.2 Å². The predicted molar refractivity (Wildman–Crippen MR) is 66.7 cm³/mol. The van der Waals surface area contributed by atoms with Crippen molar-refractivity contribution in [3.63, 3.8) is 0 Å². The molecule has 0 spiro atoms. The number of esters is 1. The molecular formula is C13H13ClO3. The predicted octanol–water partition coefficient (Wildman–Crippen LogP) is 2.88. The first-order valence-corrected chi connectivity index (χ1v) is 5.53. The summed E-state index contributed by atoms with van der Waals surface area (Å²) >= 11 is 5.93. The molecule has 4 heteroatoms. The average Bonchev–Trinajstić information content (AvgIpc) is 2.25. The van der Waals surface area contributed by atoms with Gasteiger partial charge in [-0.25, -0.2) is 0 Å². The Morgan fingerprint density at radius 1 is 1.35 bits per heavy atom. The lowest BCUT2D eigenvalue weighted by Gasteiger charge is -1.99. The molecule has 0 aromatic heterocycles. The fourth-order valence-electron chi connectivity index (χ4n) is 1.18. The number of hydrogen-bond donors (Lipinski definition) is 0. The van der Waals surface area contributed by atoms with Crippen molar-refractivity contribution in [1.82, 2.24) is 0 Å². The Hall–Kier alpha value is -1.61. The summed E-state index contributed by atoms with van der Waals surface area (Å²) in [6.45, 7) is 1.48. The molecule has 1 rings (SSSR count).